The average Bonchev–Trinajstić information content (AvgIpc) is 3.22. The highest BCUT2D eigenvalue weighted by molar-refractivity contribution is 6.25. The highest BCUT2D eigenvalue weighted by Crippen LogP contribution is 2.55. The number of hydrogen-bond donors (Lipinski definition) is 3. The van der Waals surface area contributed by atoms with Crippen LogP contribution in [0.2, 0.25) is 0 Å². The fraction of sp³-hybridized carbons (Fsp3) is 0.533. The second-order valence-corrected chi connectivity index (χ2v) is 6.47. The van der Waals surface area contributed by atoms with E-state index in [1.165, 1.54) is 14.0 Å². The molecule has 0 unspecified atom stereocenters. The maximum atomic E-state index is 12.8. The molecule has 1 aliphatic carbocycles. The molecular weight excluding hydrogens is 318 g/mol. The van der Waals surface area contributed by atoms with E-state index in [4.69, 9.17) is 10.6 Å². The standard InChI is InChI=1S/C15H17N3O6/c1-5-11(20)10-9(12(21)13(5)23-2)6(3-8(19)24-16)15(22)14-7(17-14)4-18(10)15/h6-7,14,17,22H,3-4,16H2,1-2H3/t6-,7-,14-,15+/m0/s1. The van der Waals surface area contributed by atoms with Gasteiger partial charge in [-0.2, -0.15) is 5.90 Å². The van der Waals surface area contributed by atoms with Gasteiger partial charge in [0.05, 0.1) is 31.2 Å². The molecule has 0 aromatic carbocycles. The molecule has 4 atom stereocenters. The number of nitrogens with zero attached hydrogens (tertiary/aromatic N) is 1. The van der Waals surface area contributed by atoms with Gasteiger partial charge in [0.2, 0.25) is 11.6 Å². The Morgan fingerprint density at radius 1 is 1.46 bits per heavy atom. The Labute approximate surface area is 137 Å². The van der Waals surface area contributed by atoms with E-state index in [9.17, 15) is 19.5 Å². The van der Waals surface area contributed by atoms with Crippen molar-refractivity contribution in [2.75, 3.05) is 13.7 Å². The summed E-state index contributed by atoms with van der Waals surface area (Å²) in [6.45, 7) is 1.90. The molecule has 0 aromatic heterocycles. The minimum atomic E-state index is -1.53. The number of rotatable bonds is 3. The quantitative estimate of drug-likeness (QED) is 0.306. The van der Waals surface area contributed by atoms with E-state index in [0.717, 1.165) is 0 Å². The smallest absolute Gasteiger partial charge is 0.325 e. The Morgan fingerprint density at radius 2 is 2.17 bits per heavy atom. The highest BCUT2D eigenvalue weighted by atomic mass is 16.7. The zero-order valence-corrected chi connectivity index (χ0v) is 13.2. The van der Waals surface area contributed by atoms with Crippen LogP contribution in [-0.4, -0.2) is 59.0 Å². The summed E-state index contributed by atoms with van der Waals surface area (Å²) in [4.78, 5) is 43.1. The number of aliphatic hydroxyl groups is 1. The second kappa shape index (κ2) is 4.65. The second-order valence-electron chi connectivity index (χ2n) is 6.47. The largest absolute Gasteiger partial charge is 0.492 e. The summed E-state index contributed by atoms with van der Waals surface area (Å²) >= 11 is 0. The summed E-state index contributed by atoms with van der Waals surface area (Å²) in [5.74, 6) is 2.32. The summed E-state index contributed by atoms with van der Waals surface area (Å²) in [5.41, 5.74) is -1.08. The van der Waals surface area contributed by atoms with E-state index in [2.05, 4.69) is 10.2 Å². The van der Waals surface area contributed by atoms with Gasteiger partial charge >= 0.3 is 5.97 Å². The first kappa shape index (κ1) is 15.3. The summed E-state index contributed by atoms with van der Waals surface area (Å²) < 4.78 is 5.08. The van der Waals surface area contributed by atoms with Crippen molar-refractivity contribution in [3.8, 4) is 0 Å². The maximum absolute atomic E-state index is 12.8. The first-order chi connectivity index (χ1) is 11.4. The van der Waals surface area contributed by atoms with Crippen molar-refractivity contribution in [2.24, 2.45) is 11.8 Å². The normalized spacial score (nSPS) is 36.7. The van der Waals surface area contributed by atoms with Crippen LogP contribution in [0.5, 0.6) is 0 Å². The number of piperazine rings is 1. The number of hydrogen-bond acceptors (Lipinski definition) is 9. The van der Waals surface area contributed by atoms with Gasteiger partial charge in [0.15, 0.2) is 11.5 Å². The molecular formula is C15H17N3O6. The van der Waals surface area contributed by atoms with Gasteiger partial charge < -0.3 is 24.9 Å². The van der Waals surface area contributed by atoms with Gasteiger partial charge in [0.1, 0.15) is 0 Å². The Hall–Kier alpha value is -2.23. The van der Waals surface area contributed by atoms with Gasteiger partial charge in [-0.05, 0) is 6.92 Å². The van der Waals surface area contributed by atoms with E-state index in [0.29, 0.717) is 6.54 Å². The van der Waals surface area contributed by atoms with Crippen LogP contribution in [0.1, 0.15) is 13.3 Å². The number of allylic oxidation sites excluding steroid dienone is 2. The van der Waals surface area contributed by atoms with Gasteiger partial charge in [-0.3, -0.25) is 14.4 Å². The van der Waals surface area contributed by atoms with E-state index in [1.807, 2.05) is 0 Å². The lowest BCUT2D eigenvalue weighted by molar-refractivity contribution is -0.151. The molecule has 9 nitrogen and oxygen atoms in total. The third-order valence-electron chi connectivity index (χ3n) is 5.40. The molecule has 4 N–H and O–H groups in total. The van der Waals surface area contributed by atoms with E-state index in [-0.39, 0.29) is 46.9 Å². The van der Waals surface area contributed by atoms with Gasteiger partial charge in [0.25, 0.3) is 0 Å². The molecule has 9 heteroatoms. The first-order valence-electron chi connectivity index (χ1n) is 7.60. The third-order valence-corrected chi connectivity index (χ3v) is 5.40. The molecule has 0 aromatic rings. The Morgan fingerprint density at radius 3 is 2.79 bits per heavy atom. The van der Waals surface area contributed by atoms with Crippen molar-refractivity contribution in [3.63, 3.8) is 0 Å². The number of carbonyl (C=O) groups excluding carboxylic acids is 3. The van der Waals surface area contributed by atoms with Crippen molar-refractivity contribution in [2.45, 2.75) is 31.2 Å². The predicted octanol–water partition coefficient (Wildman–Crippen LogP) is -1.91. The number of ether oxygens (including phenoxy) is 1. The zero-order valence-electron chi connectivity index (χ0n) is 13.2. The zero-order chi connectivity index (χ0) is 17.4. The maximum Gasteiger partial charge on any atom is 0.325 e. The van der Waals surface area contributed by atoms with E-state index in [1.54, 1.807) is 4.90 Å². The predicted molar refractivity (Wildman–Crippen MR) is 77.5 cm³/mol. The van der Waals surface area contributed by atoms with Crippen LogP contribution in [0.3, 0.4) is 0 Å². The SMILES string of the molecule is COC1=C(C)C(=O)C2=C(C1=O)[C@H](CC(=O)ON)[C@@]1(O)[C@H]3N[C@H]3CN21. The van der Waals surface area contributed by atoms with Gasteiger partial charge in [-0.25, -0.2) is 0 Å². The van der Waals surface area contributed by atoms with E-state index < -0.39 is 23.4 Å². The molecule has 0 bridgehead atoms. The number of nitrogens with one attached hydrogen (secondary N) is 1. The lowest BCUT2D eigenvalue weighted by Crippen LogP contribution is -2.53. The average molecular weight is 335 g/mol. The van der Waals surface area contributed by atoms with Crippen LogP contribution in [-0.2, 0) is 24.0 Å². The van der Waals surface area contributed by atoms with Crippen molar-refractivity contribution >= 4 is 17.5 Å². The Bertz CT molecular complexity index is 756. The van der Waals surface area contributed by atoms with Crippen molar-refractivity contribution < 1.29 is 29.1 Å². The van der Waals surface area contributed by atoms with Crippen LogP contribution in [0.15, 0.2) is 22.6 Å². The van der Waals surface area contributed by atoms with Crippen molar-refractivity contribution in [3.05, 3.63) is 22.6 Å². The molecule has 3 heterocycles. The van der Waals surface area contributed by atoms with Gasteiger partial charge in [-0.15, -0.1) is 0 Å². The molecule has 3 aliphatic heterocycles. The van der Waals surface area contributed by atoms with Gasteiger partial charge in [0, 0.05) is 23.7 Å². The molecule has 2 fully saturated rings. The molecule has 0 amide bonds. The van der Waals surface area contributed by atoms with E-state index >= 15 is 0 Å². The van der Waals surface area contributed by atoms with Crippen molar-refractivity contribution in [1.82, 2.24) is 10.2 Å². The molecule has 24 heavy (non-hydrogen) atoms. The first-order valence-corrected chi connectivity index (χ1v) is 7.60. The lowest BCUT2D eigenvalue weighted by Gasteiger charge is -2.36. The molecule has 128 valence electrons. The fourth-order valence-corrected chi connectivity index (χ4v) is 4.26. The number of ketones is 2. The topological polar surface area (TPSA) is 141 Å². The molecule has 4 rings (SSSR count). The molecule has 0 radical (unpaired) electrons. The fourth-order valence-electron chi connectivity index (χ4n) is 4.26. The number of carbonyl (C=O) groups is 3. The number of Topliss-reactive ketones (excluding diaryl/α,β-unsaturated/α-hetero) is 2. The van der Waals surface area contributed by atoms with Gasteiger partial charge in [-0.1, -0.05) is 0 Å². The molecule has 2 saturated heterocycles. The summed E-state index contributed by atoms with van der Waals surface area (Å²) in [6, 6.07) is -0.290. The molecule has 0 saturated carbocycles. The van der Waals surface area contributed by atoms with Crippen LogP contribution in [0, 0.1) is 5.92 Å². The monoisotopic (exact) mass is 335 g/mol. The molecule has 4 aliphatic rings. The lowest BCUT2D eigenvalue weighted by atomic mass is 9.81. The number of methoxy groups -OCH3 is 1. The Balaban J connectivity index is 1.85. The third kappa shape index (κ3) is 1.61. The molecule has 0 spiro atoms. The minimum Gasteiger partial charge on any atom is -0.492 e. The Kier molecular flexibility index (Phi) is 2.97. The summed E-state index contributed by atoms with van der Waals surface area (Å²) in [5, 5.41) is 14.4. The minimum absolute atomic E-state index is 0.0245. The van der Waals surface area contributed by atoms with Crippen LogP contribution < -0.4 is 11.2 Å². The summed E-state index contributed by atoms with van der Waals surface area (Å²) in [7, 11) is 1.31. The summed E-state index contributed by atoms with van der Waals surface area (Å²) in [6.07, 6.45) is -0.303. The van der Waals surface area contributed by atoms with Crippen LogP contribution in [0.25, 0.3) is 0 Å². The van der Waals surface area contributed by atoms with Crippen LogP contribution >= 0.6 is 0 Å². The number of nitrogens with two attached hydrogens (primary N) is 1. The van der Waals surface area contributed by atoms with Crippen LogP contribution in [0.4, 0.5) is 0 Å². The van der Waals surface area contributed by atoms with Crippen molar-refractivity contribution in [1.29, 1.82) is 0 Å². The number of fused-ring (bicyclic) bond motifs is 4. The highest BCUT2D eigenvalue weighted by Gasteiger charge is 2.71.